The molecule has 192 valence electrons. The number of thioether (sulfide) groups is 1. The monoisotopic (exact) mass is 499 g/mol. The minimum atomic E-state index is -0.698. The smallest absolute Gasteiger partial charge is 0.243 e. The molecule has 2 amide bonds. The number of carbonyl (C=O) groups excluding carboxylic acids is 2. The van der Waals surface area contributed by atoms with Crippen molar-refractivity contribution in [2.24, 2.45) is 5.41 Å². The van der Waals surface area contributed by atoms with E-state index in [2.05, 4.69) is 41.2 Å². The fraction of sp³-hybridized carbons (Fsp3) is 0.571. The van der Waals surface area contributed by atoms with Crippen LogP contribution in [0.2, 0.25) is 0 Å². The van der Waals surface area contributed by atoms with Crippen LogP contribution in [0.1, 0.15) is 71.9 Å². The Morgan fingerprint density at radius 2 is 1.89 bits per heavy atom. The highest BCUT2D eigenvalue weighted by atomic mass is 32.2. The largest absolute Gasteiger partial charge is 0.391 e. The zero-order valence-electron chi connectivity index (χ0n) is 21.9. The number of likely N-dealkylation sites (tertiary alicyclic amines) is 1. The average Bonchev–Trinajstić information content (AvgIpc) is 3.06. The normalized spacial score (nSPS) is 21.9. The van der Waals surface area contributed by atoms with Crippen LogP contribution in [0.3, 0.4) is 0 Å². The summed E-state index contributed by atoms with van der Waals surface area (Å²) < 4.78 is 0. The first-order valence-corrected chi connectivity index (χ1v) is 13.5. The molecule has 1 fully saturated rings. The summed E-state index contributed by atoms with van der Waals surface area (Å²) >= 11 is 1.76. The fourth-order valence-corrected chi connectivity index (χ4v) is 5.53. The van der Waals surface area contributed by atoms with E-state index in [0.29, 0.717) is 6.54 Å². The number of allylic oxidation sites excluding steroid dienone is 2. The SMILES string of the molecule is CC1=C(c2ccc(CNC(=O)[C@@H]3C[C@@H](O)CN3C(=O)[C@@H](NC(C)C)C(C)(C)C)cc2)SC=CCC1. The molecule has 2 aliphatic heterocycles. The van der Waals surface area contributed by atoms with Crippen LogP contribution >= 0.6 is 11.8 Å². The maximum absolute atomic E-state index is 13.5. The number of hydrogen-bond donors (Lipinski definition) is 3. The van der Waals surface area contributed by atoms with Gasteiger partial charge in [-0.05, 0) is 41.7 Å². The average molecular weight is 500 g/mol. The molecule has 35 heavy (non-hydrogen) atoms. The number of aliphatic hydroxyl groups is 1. The van der Waals surface area contributed by atoms with E-state index in [9.17, 15) is 14.7 Å². The van der Waals surface area contributed by atoms with Crippen LogP contribution in [-0.4, -0.2) is 52.6 Å². The number of β-amino-alcohol motifs (C(OH)–C–C–N with tert-alkyl or cyclic N) is 1. The van der Waals surface area contributed by atoms with Crippen molar-refractivity contribution in [3.8, 4) is 0 Å². The van der Waals surface area contributed by atoms with Crippen LogP contribution in [0, 0.1) is 5.41 Å². The van der Waals surface area contributed by atoms with Crippen molar-refractivity contribution < 1.29 is 14.7 Å². The van der Waals surface area contributed by atoms with Gasteiger partial charge in [0.2, 0.25) is 11.8 Å². The van der Waals surface area contributed by atoms with Gasteiger partial charge >= 0.3 is 0 Å². The van der Waals surface area contributed by atoms with E-state index in [4.69, 9.17) is 0 Å². The summed E-state index contributed by atoms with van der Waals surface area (Å²) in [5.74, 6) is -0.356. The van der Waals surface area contributed by atoms with Crippen molar-refractivity contribution in [3.05, 3.63) is 52.4 Å². The van der Waals surface area contributed by atoms with Gasteiger partial charge in [0, 0.05) is 30.5 Å². The fourth-order valence-electron chi connectivity index (χ4n) is 4.59. The summed E-state index contributed by atoms with van der Waals surface area (Å²) in [5, 5.41) is 18.8. The van der Waals surface area contributed by atoms with E-state index >= 15 is 0 Å². The predicted molar refractivity (Wildman–Crippen MR) is 144 cm³/mol. The van der Waals surface area contributed by atoms with Gasteiger partial charge in [0.1, 0.15) is 6.04 Å². The summed E-state index contributed by atoms with van der Waals surface area (Å²) in [6.45, 7) is 12.8. The first-order valence-electron chi connectivity index (χ1n) is 12.6. The molecule has 2 aliphatic rings. The molecule has 3 rings (SSSR count). The zero-order valence-corrected chi connectivity index (χ0v) is 22.7. The van der Waals surface area contributed by atoms with Gasteiger partial charge in [-0.3, -0.25) is 9.59 Å². The molecule has 3 N–H and O–H groups in total. The third-order valence-electron chi connectivity index (χ3n) is 6.52. The highest BCUT2D eigenvalue weighted by Crippen LogP contribution is 2.35. The number of rotatable bonds is 7. The molecule has 0 aliphatic carbocycles. The number of amides is 2. The molecule has 0 radical (unpaired) electrons. The summed E-state index contributed by atoms with van der Waals surface area (Å²) in [7, 11) is 0. The van der Waals surface area contributed by atoms with Crippen molar-refractivity contribution in [2.45, 2.75) is 91.6 Å². The summed E-state index contributed by atoms with van der Waals surface area (Å²) in [5.41, 5.74) is 3.26. The lowest BCUT2D eigenvalue weighted by atomic mass is 9.85. The second-order valence-corrected chi connectivity index (χ2v) is 12.0. The van der Waals surface area contributed by atoms with Gasteiger partial charge in [-0.15, -0.1) is 0 Å². The lowest BCUT2D eigenvalue weighted by molar-refractivity contribution is -0.142. The highest BCUT2D eigenvalue weighted by molar-refractivity contribution is 8.11. The Morgan fingerprint density at radius 1 is 1.20 bits per heavy atom. The van der Waals surface area contributed by atoms with Gasteiger partial charge < -0.3 is 20.6 Å². The van der Waals surface area contributed by atoms with Gasteiger partial charge in [0.05, 0.1) is 12.1 Å². The van der Waals surface area contributed by atoms with E-state index < -0.39 is 18.2 Å². The Morgan fingerprint density at radius 3 is 2.51 bits per heavy atom. The quantitative estimate of drug-likeness (QED) is 0.516. The topological polar surface area (TPSA) is 81.7 Å². The van der Waals surface area contributed by atoms with Crippen molar-refractivity contribution in [1.82, 2.24) is 15.5 Å². The third-order valence-corrected chi connectivity index (χ3v) is 7.66. The Balaban J connectivity index is 1.66. The maximum Gasteiger partial charge on any atom is 0.243 e. The Labute approximate surface area is 214 Å². The molecule has 2 heterocycles. The first-order chi connectivity index (χ1) is 16.5. The molecule has 6 nitrogen and oxygen atoms in total. The summed E-state index contributed by atoms with van der Waals surface area (Å²) in [6, 6.07) is 7.31. The van der Waals surface area contributed by atoms with Gasteiger partial charge in [-0.1, -0.05) is 82.3 Å². The lowest BCUT2D eigenvalue weighted by Gasteiger charge is -2.36. The van der Waals surface area contributed by atoms with E-state index in [1.54, 1.807) is 16.7 Å². The van der Waals surface area contributed by atoms with Gasteiger partial charge in [0.25, 0.3) is 0 Å². The maximum atomic E-state index is 13.5. The van der Waals surface area contributed by atoms with E-state index in [1.807, 2.05) is 46.8 Å². The number of carbonyl (C=O) groups is 2. The Bertz CT molecular complexity index is 963. The standard InChI is InChI=1S/C28H41N3O3S/c1-18(2)30-25(28(4,5)6)27(34)31-17-22(32)15-23(31)26(33)29-16-20-10-12-21(13-11-20)24-19(3)9-7-8-14-35-24/h8,10-14,18,22-23,25,30,32H,7,9,15-17H2,1-6H3,(H,29,33)/t22-,23+,25-/m1/s1. The van der Waals surface area contributed by atoms with Crippen molar-refractivity contribution in [3.63, 3.8) is 0 Å². The van der Waals surface area contributed by atoms with E-state index in [0.717, 1.165) is 18.4 Å². The van der Waals surface area contributed by atoms with Crippen LogP contribution in [0.4, 0.5) is 0 Å². The Kier molecular flexibility index (Phi) is 9.24. The number of hydrogen-bond acceptors (Lipinski definition) is 5. The second-order valence-electron chi connectivity index (χ2n) is 11.1. The number of aliphatic hydroxyl groups excluding tert-OH is 1. The zero-order chi connectivity index (χ0) is 25.8. The number of benzene rings is 1. The van der Waals surface area contributed by atoms with Crippen molar-refractivity contribution in [1.29, 1.82) is 0 Å². The van der Waals surface area contributed by atoms with Crippen LogP contribution in [0.5, 0.6) is 0 Å². The summed E-state index contributed by atoms with van der Waals surface area (Å²) in [4.78, 5) is 29.4. The lowest BCUT2D eigenvalue weighted by Crippen LogP contribution is -2.57. The van der Waals surface area contributed by atoms with Crippen LogP contribution in [0.25, 0.3) is 4.91 Å². The molecule has 0 aromatic heterocycles. The van der Waals surface area contributed by atoms with Crippen molar-refractivity contribution in [2.75, 3.05) is 6.54 Å². The molecule has 1 aromatic carbocycles. The van der Waals surface area contributed by atoms with Gasteiger partial charge in [0.15, 0.2) is 0 Å². The van der Waals surface area contributed by atoms with E-state index in [-0.39, 0.29) is 36.2 Å². The molecule has 3 atom stereocenters. The third kappa shape index (κ3) is 7.21. The number of nitrogens with zero attached hydrogens (tertiary/aromatic N) is 1. The van der Waals surface area contributed by atoms with Crippen LogP contribution < -0.4 is 10.6 Å². The molecule has 0 saturated carbocycles. The molecular weight excluding hydrogens is 458 g/mol. The second kappa shape index (κ2) is 11.8. The first kappa shape index (κ1) is 27.5. The molecule has 0 bridgehead atoms. The Hall–Kier alpha value is -2.09. The van der Waals surface area contributed by atoms with Gasteiger partial charge in [-0.2, -0.15) is 0 Å². The molecule has 0 spiro atoms. The molecular formula is C28H41N3O3S. The van der Waals surface area contributed by atoms with Gasteiger partial charge in [-0.25, -0.2) is 0 Å². The predicted octanol–water partition coefficient (Wildman–Crippen LogP) is 4.45. The minimum absolute atomic E-state index is 0.123. The number of nitrogens with one attached hydrogen (secondary N) is 2. The van der Waals surface area contributed by atoms with Crippen LogP contribution in [-0.2, 0) is 16.1 Å². The summed E-state index contributed by atoms with van der Waals surface area (Å²) in [6.07, 6.45) is 3.92. The van der Waals surface area contributed by atoms with Crippen LogP contribution in [0.15, 0.2) is 41.3 Å². The molecule has 0 unspecified atom stereocenters. The highest BCUT2D eigenvalue weighted by Gasteiger charge is 2.43. The van der Waals surface area contributed by atoms with Crippen molar-refractivity contribution >= 4 is 28.5 Å². The molecule has 1 saturated heterocycles. The minimum Gasteiger partial charge on any atom is -0.391 e. The molecule has 1 aromatic rings. The molecule has 7 heteroatoms. The van der Waals surface area contributed by atoms with E-state index in [1.165, 1.54) is 16.0 Å².